The van der Waals surface area contributed by atoms with Gasteiger partial charge in [-0.1, -0.05) is 62.7 Å². The first-order valence-electron chi connectivity index (χ1n) is 11.3. The molecule has 0 N–H and O–H groups in total. The molecule has 1 heterocycles. The number of para-hydroxylation sites is 1. The van der Waals surface area contributed by atoms with Gasteiger partial charge < -0.3 is 4.90 Å². The molecule has 1 fully saturated rings. The summed E-state index contributed by atoms with van der Waals surface area (Å²) in [6.45, 7) is 7.35. The van der Waals surface area contributed by atoms with E-state index >= 15 is 0 Å². The third-order valence-corrected chi connectivity index (χ3v) is 6.22. The Kier molecular flexibility index (Phi) is 6.21. The van der Waals surface area contributed by atoms with Crippen molar-refractivity contribution in [3.63, 3.8) is 0 Å². The van der Waals surface area contributed by atoms with E-state index in [9.17, 15) is 9.59 Å². The van der Waals surface area contributed by atoms with E-state index in [4.69, 9.17) is 4.98 Å². The van der Waals surface area contributed by atoms with Crippen LogP contribution in [0.5, 0.6) is 0 Å². The number of carbonyl (C=O) groups is 1. The first-order valence-corrected chi connectivity index (χ1v) is 11.3. The second kappa shape index (κ2) is 9.04. The molecular formula is C26H31N3O2. The number of hydrogen-bond acceptors (Lipinski definition) is 3. The van der Waals surface area contributed by atoms with Crippen molar-refractivity contribution in [2.24, 2.45) is 11.8 Å². The highest BCUT2D eigenvalue weighted by Crippen LogP contribution is 2.32. The number of nitrogens with zero attached hydrogens (tertiary/aromatic N) is 3. The fourth-order valence-electron chi connectivity index (χ4n) is 4.28. The number of benzene rings is 2. The summed E-state index contributed by atoms with van der Waals surface area (Å²) < 4.78 is 1.75. The number of rotatable bonds is 7. The van der Waals surface area contributed by atoms with E-state index in [0.29, 0.717) is 35.7 Å². The molecule has 2 aromatic carbocycles. The molecule has 0 aliphatic heterocycles. The second-order valence-electron chi connectivity index (χ2n) is 9.05. The van der Waals surface area contributed by atoms with Gasteiger partial charge in [-0.15, -0.1) is 0 Å². The first kappa shape index (κ1) is 21.3. The van der Waals surface area contributed by atoms with Crippen molar-refractivity contribution in [1.82, 2.24) is 14.5 Å². The van der Waals surface area contributed by atoms with Crippen LogP contribution in [0.25, 0.3) is 10.9 Å². The van der Waals surface area contributed by atoms with Gasteiger partial charge in [-0.25, -0.2) is 4.98 Å². The third kappa shape index (κ3) is 4.41. The first-order chi connectivity index (χ1) is 15.0. The van der Waals surface area contributed by atoms with Crippen LogP contribution in [-0.4, -0.2) is 26.9 Å². The Morgan fingerprint density at radius 1 is 1.06 bits per heavy atom. The summed E-state index contributed by atoms with van der Waals surface area (Å²) in [4.78, 5) is 33.7. The quantitative estimate of drug-likeness (QED) is 0.555. The highest BCUT2D eigenvalue weighted by atomic mass is 16.2. The third-order valence-electron chi connectivity index (χ3n) is 6.22. The minimum absolute atomic E-state index is 0.0584. The average molecular weight is 418 g/mol. The Labute approximate surface area is 183 Å². The van der Waals surface area contributed by atoms with Gasteiger partial charge in [-0.3, -0.25) is 14.2 Å². The summed E-state index contributed by atoms with van der Waals surface area (Å²) in [7, 11) is 0. The van der Waals surface area contributed by atoms with Crippen LogP contribution < -0.4 is 5.56 Å². The molecular weight excluding hydrogens is 386 g/mol. The fraction of sp³-hybridized carbons (Fsp3) is 0.423. The molecule has 3 aromatic rings. The molecule has 31 heavy (non-hydrogen) atoms. The molecule has 0 radical (unpaired) electrons. The Bertz CT molecular complexity index is 1120. The number of carbonyl (C=O) groups excluding carboxylic acids is 1. The van der Waals surface area contributed by atoms with E-state index in [2.05, 4.69) is 13.8 Å². The molecule has 5 heteroatoms. The standard InChI is InChI=1S/C26H31N3O2/c1-18(2)16-28(25(30)21-12-9-13-21)19(3)24-27-23-15-8-7-14-22(23)26(31)29(24)17-20-10-5-4-6-11-20/h4-8,10-11,14-15,18-19,21H,9,12-13,16-17H2,1-3H3/t19-/m0/s1. The van der Waals surface area contributed by atoms with Crippen LogP contribution in [0.15, 0.2) is 59.4 Å². The van der Waals surface area contributed by atoms with E-state index in [1.165, 1.54) is 0 Å². The molecule has 1 aliphatic carbocycles. The van der Waals surface area contributed by atoms with Crippen molar-refractivity contribution in [2.75, 3.05) is 6.54 Å². The monoisotopic (exact) mass is 417 g/mol. The lowest BCUT2D eigenvalue weighted by atomic mass is 9.84. The molecule has 1 atom stereocenters. The number of hydrogen-bond donors (Lipinski definition) is 0. The topological polar surface area (TPSA) is 55.2 Å². The summed E-state index contributed by atoms with van der Waals surface area (Å²) in [6.07, 6.45) is 3.04. The molecule has 1 aliphatic rings. The molecule has 4 rings (SSSR count). The van der Waals surface area contributed by atoms with Crippen molar-refractivity contribution in [2.45, 2.75) is 52.6 Å². The lowest BCUT2D eigenvalue weighted by molar-refractivity contribution is -0.141. The molecule has 1 aromatic heterocycles. The molecule has 162 valence electrons. The van der Waals surface area contributed by atoms with Gasteiger partial charge in [-0.05, 0) is 43.4 Å². The maximum Gasteiger partial charge on any atom is 0.261 e. The Hall–Kier alpha value is -2.95. The summed E-state index contributed by atoms with van der Waals surface area (Å²) in [5, 5.41) is 0.607. The smallest absolute Gasteiger partial charge is 0.261 e. The largest absolute Gasteiger partial charge is 0.332 e. The second-order valence-corrected chi connectivity index (χ2v) is 9.05. The van der Waals surface area contributed by atoms with Gasteiger partial charge >= 0.3 is 0 Å². The minimum atomic E-state index is -0.281. The van der Waals surface area contributed by atoms with Crippen molar-refractivity contribution < 1.29 is 4.79 Å². The van der Waals surface area contributed by atoms with Crippen molar-refractivity contribution in [3.05, 3.63) is 76.3 Å². The lowest BCUT2D eigenvalue weighted by Crippen LogP contribution is -2.44. The van der Waals surface area contributed by atoms with E-state index < -0.39 is 0 Å². The Morgan fingerprint density at radius 2 is 1.74 bits per heavy atom. The number of aromatic nitrogens is 2. The van der Waals surface area contributed by atoms with E-state index in [0.717, 1.165) is 24.8 Å². The van der Waals surface area contributed by atoms with Crippen molar-refractivity contribution >= 4 is 16.8 Å². The van der Waals surface area contributed by atoms with E-state index in [1.54, 1.807) is 4.57 Å². The summed E-state index contributed by atoms with van der Waals surface area (Å²) >= 11 is 0. The zero-order valence-electron chi connectivity index (χ0n) is 18.6. The molecule has 0 saturated heterocycles. The van der Waals surface area contributed by atoms with Gasteiger partial charge in [0.2, 0.25) is 5.91 Å². The Balaban J connectivity index is 1.82. The fourth-order valence-corrected chi connectivity index (χ4v) is 4.28. The molecule has 0 spiro atoms. The van der Waals surface area contributed by atoms with Gasteiger partial charge in [0.1, 0.15) is 5.82 Å². The average Bonchev–Trinajstić information content (AvgIpc) is 2.73. The highest BCUT2D eigenvalue weighted by molar-refractivity contribution is 5.80. The lowest BCUT2D eigenvalue weighted by Gasteiger charge is -2.37. The molecule has 1 amide bonds. The minimum Gasteiger partial charge on any atom is -0.332 e. The van der Waals surface area contributed by atoms with Gasteiger partial charge in [0, 0.05) is 12.5 Å². The number of fused-ring (bicyclic) bond motifs is 1. The van der Waals surface area contributed by atoms with Crippen LogP contribution in [0.1, 0.15) is 57.5 Å². The van der Waals surface area contributed by atoms with Gasteiger partial charge in [0.25, 0.3) is 5.56 Å². The van der Waals surface area contributed by atoms with E-state index in [-0.39, 0.29) is 23.4 Å². The summed E-state index contributed by atoms with van der Waals surface area (Å²) in [6, 6.07) is 17.1. The molecule has 0 unspecified atom stereocenters. The molecule has 0 bridgehead atoms. The van der Waals surface area contributed by atoms with Crippen LogP contribution >= 0.6 is 0 Å². The summed E-state index contributed by atoms with van der Waals surface area (Å²) in [5.41, 5.74) is 1.66. The number of amides is 1. The Morgan fingerprint density at radius 3 is 2.39 bits per heavy atom. The van der Waals surface area contributed by atoms with Crippen molar-refractivity contribution in [1.29, 1.82) is 0 Å². The SMILES string of the molecule is CC(C)CN(C(=O)C1CCC1)[C@@H](C)c1nc2ccccc2c(=O)n1Cc1ccccc1. The highest BCUT2D eigenvalue weighted by Gasteiger charge is 2.34. The zero-order chi connectivity index (χ0) is 22.0. The maximum atomic E-state index is 13.5. The van der Waals surface area contributed by atoms with E-state index in [1.807, 2.05) is 66.4 Å². The van der Waals surface area contributed by atoms with Crippen LogP contribution in [-0.2, 0) is 11.3 Å². The predicted molar refractivity (Wildman–Crippen MR) is 124 cm³/mol. The normalized spacial score (nSPS) is 15.1. The predicted octanol–water partition coefficient (Wildman–Crippen LogP) is 4.79. The van der Waals surface area contributed by atoms with Crippen LogP contribution in [0.3, 0.4) is 0 Å². The van der Waals surface area contributed by atoms with Gasteiger partial charge in [0.05, 0.1) is 23.5 Å². The van der Waals surface area contributed by atoms with Gasteiger partial charge in [-0.2, -0.15) is 0 Å². The summed E-state index contributed by atoms with van der Waals surface area (Å²) in [5.74, 6) is 1.29. The van der Waals surface area contributed by atoms with Crippen LogP contribution in [0.2, 0.25) is 0 Å². The van der Waals surface area contributed by atoms with Crippen LogP contribution in [0, 0.1) is 11.8 Å². The van der Waals surface area contributed by atoms with Crippen LogP contribution in [0.4, 0.5) is 0 Å². The maximum absolute atomic E-state index is 13.5. The van der Waals surface area contributed by atoms with Crippen molar-refractivity contribution in [3.8, 4) is 0 Å². The molecule has 1 saturated carbocycles. The molecule has 5 nitrogen and oxygen atoms in total. The van der Waals surface area contributed by atoms with Gasteiger partial charge in [0.15, 0.2) is 0 Å². The zero-order valence-corrected chi connectivity index (χ0v) is 18.6.